The highest BCUT2D eigenvalue weighted by Gasteiger charge is 1.95. The van der Waals surface area contributed by atoms with Gasteiger partial charge in [-0.15, -0.1) is 0 Å². The van der Waals surface area contributed by atoms with E-state index in [0.717, 1.165) is 25.5 Å². The van der Waals surface area contributed by atoms with Crippen LogP contribution in [0.25, 0.3) is 0 Å². The number of ether oxygens (including phenoxy) is 1. The zero-order valence-electron chi connectivity index (χ0n) is 8.25. The van der Waals surface area contributed by atoms with E-state index >= 15 is 0 Å². The van der Waals surface area contributed by atoms with E-state index in [0.29, 0.717) is 6.10 Å². The molecule has 0 unspecified atom stereocenters. The van der Waals surface area contributed by atoms with Crippen molar-refractivity contribution in [3.63, 3.8) is 0 Å². The predicted molar refractivity (Wildman–Crippen MR) is 51.5 cm³/mol. The van der Waals surface area contributed by atoms with Crippen LogP contribution in [0, 0.1) is 0 Å². The molecule has 0 bridgehead atoms. The molecule has 3 heteroatoms. The number of hydrogen-bond donors (Lipinski definition) is 1. The third kappa shape index (κ3) is 4.70. The molecule has 1 aromatic heterocycles. The van der Waals surface area contributed by atoms with Gasteiger partial charge in [0.15, 0.2) is 0 Å². The minimum atomic E-state index is 0.311. The Morgan fingerprint density at radius 2 is 2.38 bits per heavy atom. The molecule has 0 aliphatic rings. The fraction of sp³-hybridized carbons (Fsp3) is 0.600. The summed E-state index contributed by atoms with van der Waals surface area (Å²) in [6.07, 6.45) is 1.99. The summed E-state index contributed by atoms with van der Waals surface area (Å²) in [6, 6.07) is 3.85. The Labute approximate surface area is 79.1 Å². The van der Waals surface area contributed by atoms with Crippen LogP contribution in [-0.4, -0.2) is 19.3 Å². The first kappa shape index (κ1) is 10.3. The van der Waals surface area contributed by atoms with E-state index in [2.05, 4.69) is 5.32 Å². The van der Waals surface area contributed by atoms with Crippen LogP contribution in [0.5, 0.6) is 0 Å². The summed E-state index contributed by atoms with van der Waals surface area (Å²) in [4.78, 5) is 0. The van der Waals surface area contributed by atoms with Crippen molar-refractivity contribution in [3.8, 4) is 0 Å². The van der Waals surface area contributed by atoms with E-state index in [-0.39, 0.29) is 0 Å². The molecule has 0 aliphatic heterocycles. The van der Waals surface area contributed by atoms with Gasteiger partial charge in [0, 0.05) is 6.54 Å². The molecular formula is C10H17NO2. The molecule has 0 aliphatic carbocycles. The van der Waals surface area contributed by atoms with Gasteiger partial charge in [-0.05, 0) is 26.0 Å². The number of rotatable bonds is 6. The summed E-state index contributed by atoms with van der Waals surface area (Å²) < 4.78 is 10.5. The Bertz CT molecular complexity index is 207. The number of nitrogens with one attached hydrogen (secondary N) is 1. The second-order valence-electron chi connectivity index (χ2n) is 3.18. The zero-order chi connectivity index (χ0) is 9.52. The minimum absolute atomic E-state index is 0.311. The quantitative estimate of drug-likeness (QED) is 0.683. The Hall–Kier alpha value is -0.800. The van der Waals surface area contributed by atoms with Crippen molar-refractivity contribution in [2.24, 2.45) is 0 Å². The average Bonchev–Trinajstić information content (AvgIpc) is 2.55. The van der Waals surface area contributed by atoms with Crippen molar-refractivity contribution in [1.82, 2.24) is 5.32 Å². The standard InChI is InChI=1S/C10H17NO2/c1-9(2)12-7-5-11-8-10-4-3-6-13-10/h3-4,6,9,11H,5,7-8H2,1-2H3. The summed E-state index contributed by atoms with van der Waals surface area (Å²) in [5, 5.41) is 3.22. The van der Waals surface area contributed by atoms with Crippen molar-refractivity contribution in [1.29, 1.82) is 0 Å². The van der Waals surface area contributed by atoms with Gasteiger partial charge in [0.25, 0.3) is 0 Å². The van der Waals surface area contributed by atoms with Gasteiger partial charge < -0.3 is 14.5 Å². The minimum Gasteiger partial charge on any atom is -0.468 e. The Kier molecular flexibility index (Phi) is 4.57. The lowest BCUT2D eigenvalue weighted by atomic mass is 10.4. The SMILES string of the molecule is CC(C)OCCNCc1ccco1. The van der Waals surface area contributed by atoms with E-state index in [1.54, 1.807) is 6.26 Å². The monoisotopic (exact) mass is 183 g/mol. The van der Waals surface area contributed by atoms with Crippen LogP contribution in [0.2, 0.25) is 0 Å². The van der Waals surface area contributed by atoms with Gasteiger partial charge in [-0.1, -0.05) is 0 Å². The normalized spacial score (nSPS) is 11.0. The molecule has 0 saturated carbocycles. The molecular weight excluding hydrogens is 166 g/mol. The highest BCUT2D eigenvalue weighted by Crippen LogP contribution is 1.97. The van der Waals surface area contributed by atoms with Gasteiger partial charge in [0.1, 0.15) is 5.76 Å². The van der Waals surface area contributed by atoms with Crippen molar-refractivity contribution in [2.45, 2.75) is 26.5 Å². The van der Waals surface area contributed by atoms with E-state index < -0.39 is 0 Å². The first-order valence-electron chi connectivity index (χ1n) is 4.63. The molecule has 74 valence electrons. The van der Waals surface area contributed by atoms with Crippen LogP contribution in [0.4, 0.5) is 0 Å². The Morgan fingerprint density at radius 3 is 3.00 bits per heavy atom. The zero-order valence-corrected chi connectivity index (χ0v) is 8.25. The maximum atomic E-state index is 5.37. The number of hydrogen-bond acceptors (Lipinski definition) is 3. The van der Waals surface area contributed by atoms with Gasteiger partial charge in [-0.2, -0.15) is 0 Å². The molecule has 3 nitrogen and oxygen atoms in total. The highest BCUT2D eigenvalue weighted by molar-refractivity contribution is 4.97. The van der Waals surface area contributed by atoms with Gasteiger partial charge in [0.05, 0.1) is 25.5 Å². The molecule has 0 fully saturated rings. The largest absolute Gasteiger partial charge is 0.468 e. The van der Waals surface area contributed by atoms with Crippen LogP contribution in [-0.2, 0) is 11.3 Å². The van der Waals surface area contributed by atoms with Gasteiger partial charge >= 0.3 is 0 Å². The van der Waals surface area contributed by atoms with Crippen molar-refractivity contribution in [3.05, 3.63) is 24.2 Å². The lowest BCUT2D eigenvalue weighted by Gasteiger charge is -2.07. The molecule has 1 aromatic rings. The lowest BCUT2D eigenvalue weighted by Crippen LogP contribution is -2.20. The van der Waals surface area contributed by atoms with E-state index in [9.17, 15) is 0 Å². The predicted octanol–water partition coefficient (Wildman–Crippen LogP) is 1.79. The van der Waals surface area contributed by atoms with Crippen LogP contribution >= 0.6 is 0 Å². The molecule has 0 amide bonds. The fourth-order valence-electron chi connectivity index (χ4n) is 0.992. The molecule has 1 rings (SSSR count). The fourth-order valence-corrected chi connectivity index (χ4v) is 0.992. The van der Waals surface area contributed by atoms with Crippen LogP contribution in [0.1, 0.15) is 19.6 Å². The Balaban J connectivity index is 1.96. The highest BCUT2D eigenvalue weighted by atomic mass is 16.5. The second-order valence-corrected chi connectivity index (χ2v) is 3.18. The van der Waals surface area contributed by atoms with Crippen LogP contribution in [0.15, 0.2) is 22.8 Å². The van der Waals surface area contributed by atoms with E-state index in [4.69, 9.17) is 9.15 Å². The summed E-state index contributed by atoms with van der Waals surface area (Å²) in [5.74, 6) is 0.963. The molecule has 0 atom stereocenters. The van der Waals surface area contributed by atoms with Gasteiger partial charge in [-0.3, -0.25) is 0 Å². The summed E-state index contributed by atoms with van der Waals surface area (Å²) >= 11 is 0. The van der Waals surface area contributed by atoms with Crippen molar-refractivity contribution < 1.29 is 9.15 Å². The molecule has 0 aromatic carbocycles. The first-order chi connectivity index (χ1) is 6.29. The first-order valence-corrected chi connectivity index (χ1v) is 4.63. The van der Waals surface area contributed by atoms with E-state index in [1.165, 1.54) is 0 Å². The molecule has 1 heterocycles. The van der Waals surface area contributed by atoms with Gasteiger partial charge in [-0.25, -0.2) is 0 Å². The van der Waals surface area contributed by atoms with Crippen molar-refractivity contribution >= 4 is 0 Å². The molecule has 0 saturated heterocycles. The number of furan rings is 1. The maximum absolute atomic E-state index is 5.37. The molecule has 0 spiro atoms. The smallest absolute Gasteiger partial charge is 0.117 e. The molecule has 0 radical (unpaired) electrons. The second kappa shape index (κ2) is 5.78. The molecule has 1 N–H and O–H groups in total. The topological polar surface area (TPSA) is 34.4 Å². The average molecular weight is 183 g/mol. The third-order valence-corrected chi connectivity index (χ3v) is 1.61. The lowest BCUT2D eigenvalue weighted by molar-refractivity contribution is 0.0805. The van der Waals surface area contributed by atoms with Crippen LogP contribution < -0.4 is 5.32 Å². The Morgan fingerprint density at radius 1 is 1.54 bits per heavy atom. The third-order valence-electron chi connectivity index (χ3n) is 1.61. The summed E-state index contributed by atoms with van der Waals surface area (Å²) in [7, 11) is 0. The summed E-state index contributed by atoms with van der Waals surface area (Å²) in [5.41, 5.74) is 0. The van der Waals surface area contributed by atoms with Crippen molar-refractivity contribution in [2.75, 3.05) is 13.2 Å². The molecule has 13 heavy (non-hydrogen) atoms. The van der Waals surface area contributed by atoms with E-state index in [1.807, 2.05) is 26.0 Å². The summed E-state index contributed by atoms with van der Waals surface area (Å²) in [6.45, 7) is 6.45. The maximum Gasteiger partial charge on any atom is 0.117 e. The van der Waals surface area contributed by atoms with Gasteiger partial charge in [0.2, 0.25) is 0 Å². The van der Waals surface area contributed by atoms with Crippen LogP contribution in [0.3, 0.4) is 0 Å².